The first-order valence-electron chi connectivity index (χ1n) is 6.83. The van der Waals surface area contributed by atoms with Crippen molar-refractivity contribution in [1.29, 1.82) is 0 Å². The molecule has 0 spiro atoms. The highest BCUT2D eigenvalue weighted by atomic mass is 16.5. The van der Waals surface area contributed by atoms with Crippen LogP contribution in [0.2, 0.25) is 0 Å². The Morgan fingerprint density at radius 1 is 1.05 bits per heavy atom. The van der Waals surface area contributed by atoms with Crippen LogP contribution in [-0.4, -0.2) is 20.1 Å². The molecule has 2 aromatic rings. The molecule has 2 aromatic carbocycles. The lowest BCUT2D eigenvalue weighted by Crippen LogP contribution is -2.35. The van der Waals surface area contributed by atoms with Crippen LogP contribution >= 0.6 is 0 Å². The summed E-state index contributed by atoms with van der Waals surface area (Å²) in [6.07, 6.45) is 0.775. The molecule has 1 aliphatic heterocycles. The minimum Gasteiger partial charge on any atom is -0.493 e. The third kappa shape index (κ3) is 2.44. The molecule has 0 radical (unpaired) electrons. The number of methoxy groups -OCH3 is 2. The van der Waals surface area contributed by atoms with Crippen LogP contribution in [0.4, 0.5) is 0 Å². The Bertz CT molecular complexity index is 681. The first kappa shape index (κ1) is 13.5. The smallest absolute Gasteiger partial charge is 0.252 e. The van der Waals surface area contributed by atoms with Gasteiger partial charge in [0.15, 0.2) is 11.5 Å². The van der Waals surface area contributed by atoms with Crippen molar-refractivity contribution in [3.63, 3.8) is 0 Å². The molecule has 0 bridgehead atoms. The van der Waals surface area contributed by atoms with E-state index < -0.39 is 0 Å². The van der Waals surface area contributed by atoms with Gasteiger partial charge in [0, 0.05) is 5.56 Å². The van der Waals surface area contributed by atoms with Crippen molar-refractivity contribution in [3.8, 4) is 11.5 Å². The number of fused-ring (bicyclic) bond motifs is 1. The largest absolute Gasteiger partial charge is 0.493 e. The predicted octanol–water partition coefficient (Wildman–Crippen LogP) is 2.73. The molecule has 0 aromatic heterocycles. The van der Waals surface area contributed by atoms with Gasteiger partial charge in [0.25, 0.3) is 5.91 Å². The van der Waals surface area contributed by atoms with Gasteiger partial charge in [0.2, 0.25) is 0 Å². The van der Waals surface area contributed by atoms with Crippen LogP contribution < -0.4 is 14.8 Å². The summed E-state index contributed by atoms with van der Waals surface area (Å²) >= 11 is 0. The molecule has 21 heavy (non-hydrogen) atoms. The molecule has 3 rings (SSSR count). The summed E-state index contributed by atoms with van der Waals surface area (Å²) in [5.41, 5.74) is 2.84. The maximum absolute atomic E-state index is 12.2. The van der Waals surface area contributed by atoms with Crippen LogP contribution in [0, 0.1) is 0 Å². The van der Waals surface area contributed by atoms with Gasteiger partial charge in [-0.25, -0.2) is 0 Å². The zero-order valence-corrected chi connectivity index (χ0v) is 12.1. The molecule has 1 atom stereocenters. The lowest BCUT2D eigenvalue weighted by Gasteiger charge is -2.26. The average molecular weight is 283 g/mol. The maximum Gasteiger partial charge on any atom is 0.252 e. The summed E-state index contributed by atoms with van der Waals surface area (Å²) in [7, 11) is 3.21. The number of amides is 1. The molecule has 108 valence electrons. The summed E-state index contributed by atoms with van der Waals surface area (Å²) in [5.74, 6) is 1.32. The lowest BCUT2D eigenvalue weighted by atomic mass is 9.91. The first-order chi connectivity index (χ1) is 10.2. The zero-order valence-electron chi connectivity index (χ0n) is 12.1. The highest BCUT2D eigenvalue weighted by Crippen LogP contribution is 2.32. The number of rotatable bonds is 3. The normalized spacial score (nSPS) is 16.9. The monoisotopic (exact) mass is 283 g/mol. The average Bonchev–Trinajstić information content (AvgIpc) is 2.54. The predicted molar refractivity (Wildman–Crippen MR) is 79.9 cm³/mol. The summed E-state index contributed by atoms with van der Waals surface area (Å²) in [6.45, 7) is 0. The molecule has 4 heteroatoms. The number of benzene rings is 2. The van der Waals surface area contributed by atoms with Crippen LogP contribution in [-0.2, 0) is 6.42 Å². The lowest BCUT2D eigenvalue weighted by molar-refractivity contribution is 0.0925. The number of ether oxygens (including phenoxy) is 2. The SMILES string of the molecule is COc1ccc([C@@H]2Cc3ccccc3C(=O)N2)cc1OC. The fraction of sp³-hybridized carbons (Fsp3) is 0.235. The molecule has 4 nitrogen and oxygen atoms in total. The standard InChI is InChI=1S/C17H17NO3/c1-20-15-8-7-12(10-16(15)21-2)14-9-11-5-3-4-6-13(11)17(19)18-14/h3-8,10,14H,9H2,1-2H3,(H,18,19)/t14-/m0/s1. The van der Waals surface area contributed by atoms with Gasteiger partial charge in [-0.15, -0.1) is 0 Å². The Hall–Kier alpha value is -2.49. The summed E-state index contributed by atoms with van der Waals surface area (Å²) in [6, 6.07) is 13.4. The van der Waals surface area contributed by atoms with Crippen LogP contribution in [0.15, 0.2) is 42.5 Å². The third-order valence-corrected chi connectivity index (χ3v) is 3.80. The van der Waals surface area contributed by atoms with Crippen molar-refractivity contribution in [2.24, 2.45) is 0 Å². The first-order valence-corrected chi connectivity index (χ1v) is 6.83. The molecule has 0 fully saturated rings. The second kappa shape index (κ2) is 5.48. The Labute approximate surface area is 123 Å². The minimum absolute atomic E-state index is 0.0309. The molecule has 0 unspecified atom stereocenters. The topological polar surface area (TPSA) is 47.6 Å². The fourth-order valence-corrected chi connectivity index (χ4v) is 2.70. The second-order valence-electron chi connectivity index (χ2n) is 5.00. The van der Waals surface area contributed by atoms with E-state index in [4.69, 9.17) is 9.47 Å². The Kier molecular flexibility index (Phi) is 3.52. The van der Waals surface area contributed by atoms with Crippen LogP contribution in [0.1, 0.15) is 27.5 Å². The number of hydrogen-bond acceptors (Lipinski definition) is 3. The van der Waals surface area contributed by atoms with Gasteiger partial charge < -0.3 is 14.8 Å². The van der Waals surface area contributed by atoms with Crippen molar-refractivity contribution in [2.45, 2.75) is 12.5 Å². The van der Waals surface area contributed by atoms with Crippen LogP contribution in [0.5, 0.6) is 11.5 Å². The summed E-state index contributed by atoms with van der Waals surface area (Å²) < 4.78 is 10.6. The van der Waals surface area contributed by atoms with E-state index in [9.17, 15) is 4.79 Å². The highest BCUT2D eigenvalue weighted by molar-refractivity contribution is 5.97. The molecule has 0 saturated heterocycles. The van der Waals surface area contributed by atoms with Gasteiger partial charge in [-0.1, -0.05) is 24.3 Å². The number of nitrogens with one attached hydrogen (secondary N) is 1. The number of carbonyl (C=O) groups excluding carboxylic acids is 1. The summed E-state index contributed by atoms with van der Waals surface area (Å²) in [4.78, 5) is 12.2. The molecule has 1 amide bonds. The van der Waals surface area contributed by atoms with E-state index in [1.807, 2.05) is 42.5 Å². The Morgan fingerprint density at radius 2 is 1.81 bits per heavy atom. The number of hydrogen-bond donors (Lipinski definition) is 1. The van der Waals surface area contributed by atoms with Crippen molar-refractivity contribution >= 4 is 5.91 Å². The van der Waals surface area contributed by atoms with Crippen molar-refractivity contribution in [3.05, 3.63) is 59.2 Å². The van der Waals surface area contributed by atoms with E-state index in [0.29, 0.717) is 11.5 Å². The molecule has 1 N–H and O–H groups in total. The van der Waals surface area contributed by atoms with Crippen molar-refractivity contribution < 1.29 is 14.3 Å². The van der Waals surface area contributed by atoms with E-state index >= 15 is 0 Å². The van der Waals surface area contributed by atoms with Crippen LogP contribution in [0.25, 0.3) is 0 Å². The second-order valence-corrected chi connectivity index (χ2v) is 5.00. The van der Waals surface area contributed by atoms with Gasteiger partial charge in [0.1, 0.15) is 0 Å². The minimum atomic E-state index is -0.0489. The maximum atomic E-state index is 12.2. The molecule has 0 aliphatic carbocycles. The molecule has 1 heterocycles. The summed E-state index contributed by atoms with van der Waals surface area (Å²) in [5, 5.41) is 3.04. The molecular formula is C17H17NO3. The van der Waals surface area contributed by atoms with E-state index in [1.165, 1.54) is 0 Å². The van der Waals surface area contributed by atoms with E-state index in [0.717, 1.165) is 23.1 Å². The third-order valence-electron chi connectivity index (χ3n) is 3.80. The molecule has 0 saturated carbocycles. The molecule has 1 aliphatic rings. The van der Waals surface area contributed by atoms with Gasteiger partial charge in [0.05, 0.1) is 20.3 Å². The van der Waals surface area contributed by atoms with Gasteiger partial charge >= 0.3 is 0 Å². The van der Waals surface area contributed by atoms with Crippen LogP contribution in [0.3, 0.4) is 0 Å². The van der Waals surface area contributed by atoms with Crippen molar-refractivity contribution in [2.75, 3.05) is 14.2 Å². The molecular weight excluding hydrogens is 266 g/mol. The highest BCUT2D eigenvalue weighted by Gasteiger charge is 2.25. The van der Waals surface area contributed by atoms with E-state index in [1.54, 1.807) is 14.2 Å². The Balaban J connectivity index is 1.94. The number of carbonyl (C=O) groups is 1. The quantitative estimate of drug-likeness (QED) is 0.942. The van der Waals surface area contributed by atoms with Crippen molar-refractivity contribution in [1.82, 2.24) is 5.32 Å². The Morgan fingerprint density at radius 3 is 2.57 bits per heavy atom. The van der Waals surface area contributed by atoms with Gasteiger partial charge in [-0.2, -0.15) is 0 Å². The van der Waals surface area contributed by atoms with Gasteiger partial charge in [-0.05, 0) is 35.7 Å². The zero-order chi connectivity index (χ0) is 14.8. The van der Waals surface area contributed by atoms with Gasteiger partial charge in [-0.3, -0.25) is 4.79 Å². The van der Waals surface area contributed by atoms with E-state index in [2.05, 4.69) is 5.32 Å². The van der Waals surface area contributed by atoms with E-state index in [-0.39, 0.29) is 11.9 Å². The fourth-order valence-electron chi connectivity index (χ4n) is 2.70.